The van der Waals surface area contributed by atoms with Crippen LogP contribution in [0.3, 0.4) is 0 Å². The normalized spacial score (nSPS) is 14.1. The van der Waals surface area contributed by atoms with E-state index in [0.717, 1.165) is 17.8 Å². The summed E-state index contributed by atoms with van der Waals surface area (Å²) in [6.45, 7) is 7.83. The lowest BCUT2D eigenvalue weighted by atomic mass is 9.90. The lowest BCUT2D eigenvalue weighted by Gasteiger charge is -2.22. The number of benzene rings is 1. The molecule has 2 atom stereocenters. The average molecular weight is 417 g/mol. The van der Waals surface area contributed by atoms with Gasteiger partial charge in [0.25, 0.3) is 0 Å². The largest absolute Gasteiger partial charge is 0.416 e. The van der Waals surface area contributed by atoms with Crippen molar-refractivity contribution in [3.05, 3.63) is 71.2 Å². The minimum atomic E-state index is -4.45. The Morgan fingerprint density at radius 1 is 1.13 bits per heavy atom. The Hall–Kier alpha value is -2.83. The Labute approximate surface area is 174 Å². The van der Waals surface area contributed by atoms with Crippen LogP contribution in [0.25, 0.3) is 5.65 Å². The van der Waals surface area contributed by atoms with Crippen LogP contribution in [-0.4, -0.2) is 21.3 Å². The van der Waals surface area contributed by atoms with Gasteiger partial charge in [-0.15, -0.1) is 0 Å². The van der Waals surface area contributed by atoms with E-state index in [4.69, 9.17) is 0 Å². The van der Waals surface area contributed by atoms with E-state index in [-0.39, 0.29) is 24.3 Å². The molecule has 30 heavy (non-hydrogen) atoms. The highest BCUT2D eigenvalue weighted by Gasteiger charge is 2.32. The van der Waals surface area contributed by atoms with Crippen LogP contribution in [0.15, 0.2) is 48.7 Å². The van der Waals surface area contributed by atoms with Crippen molar-refractivity contribution in [1.82, 2.24) is 14.7 Å². The van der Waals surface area contributed by atoms with Gasteiger partial charge in [-0.05, 0) is 43.5 Å². The topological polar surface area (TPSA) is 46.4 Å². The van der Waals surface area contributed by atoms with Gasteiger partial charge in [-0.2, -0.15) is 13.2 Å². The molecule has 2 heterocycles. The molecular formula is C23H26F3N3O. The van der Waals surface area contributed by atoms with Crippen molar-refractivity contribution in [3.8, 4) is 0 Å². The first-order valence-corrected chi connectivity index (χ1v) is 9.97. The second kappa shape index (κ2) is 8.50. The Bertz CT molecular complexity index is 1040. The van der Waals surface area contributed by atoms with Gasteiger partial charge in [-0.3, -0.25) is 4.79 Å². The van der Waals surface area contributed by atoms with Gasteiger partial charge in [-0.25, -0.2) is 4.98 Å². The van der Waals surface area contributed by atoms with Crippen LogP contribution in [0, 0.1) is 12.8 Å². The van der Waals surface area contributed by atoms with Crippen LogP contribution < -0.4 is 5.32 Å². The van der Waals surface area contributed by atoms with Crippen molar-refractivity contribution in [2.45, 2.75) is 52.3 Å². The molecule has 0 aliphatic carbocycles. The number of fused-ring (bicyclic) bond motifs is 1. The highest BCUT2D eigenvalue weighted by molar-refractivity contribution is 5.78. The van der Waals surface area contributed by atoms with Crippen molar-refractivity contribution in [1.29, 1.82) is 0 Å². The van der Waals surface area contributed by atoms with Gasteiger partial charge in [0.05, 0.1) is 11.3 Å². The number of nitrogens with one attached hydrogen (secondary N) is 1. The summed E-state index contributed by atoms with van der Waals surface area (Å²) < 4.78 is 41.8. The first kappa shape index (κ1) is 21.9. The first-order valence-electron chi connectivity index (χ1n) is 9.97. The summed E-state index contributed by atoms with van der Waals surface area (Å²) in [5.41, 5.74) is 1.98. The number of carbonyl (C=O) groups is 1. The minimum absolute atomic E-state index is 0.0283. The van der Waals surface area contributed by atoms with E-state index in [0.29, 0.717) is 16.9 Å². The van der Waals surface area contributed by atoms with E-state index in [9.17, 15) is 18.0 Å². The molecule has 0 aliphatic heterocycles. The maximum atomic E-state index is 13.3. The fourth-order valence-corrected chi connectivity index (χ4v) is 3.47. The quantitative estimate of drug-likeness (QED) is 0.588. The summed E-state index contributed by atoms with van der Waals surface area (Å²) in [7, 11) is 0. The van der Waals surface area contributed by atoms with Crippen LogP contribution in [0.1, 0.15) is 55.6 Å². The summed E-state index contributed by atoms with van der Waals surface area (Å²) in [5, 5.41) is 2.96. The third-order valence-corrected chi connectivity index (χ3v) is 5.50. The molecule has 0 fully saturated rings. The van der Waals surface area contributed by atoms with Crippen molar-refractivity contribution in [2.24, 2.45) is 5.92 Å². The molecule has 1 amide bonds. The van der Waals surface area contributed by atoms with Crippen molar-refractivity contribution >= 4 is 11.6 Å². The van der Waals surface area contributed by atoms with Gasteiger partial charge in [-0.1, -0.05) is 38.1 Å². The number of aromatic nitrogens is 2. The molecule has 0 bridgehead atoms. The van der Waals surface area contributed by atoms with Crippen molar-refractivity contribution < 1.29 is 18.0 Å². The third-order valence-electron chi connectivity index (χ3n) is 5.50. The number of alkyl halides is 3. The van der Waals surface area contributed by atoms with E-state index in [1.165, 1.54) is 6.07 Å². The molecule has 3 aromatic rings. The van der Waals surface area contributed by atoms with Gasteiger partial charge in [0.2, 0.25) is 5.91 Å². The number of carbonyl (C=O) groups excluding carboxylic acids is 1. The molecule has 4 nitrogen and oxygen atoms in total. The van der Waals surface area contributed by atoms with Gasteiger partial charge in [0.1, 0.15) is 5.65 Å². The zero-order valence-corrected chi connectivity index (χ0v) is 17.5. The Morgan fingerprint density at radius 3 is 2.50 bits per heavy atom. The number of nitrogens with zero attached hydrogens (tertiary/aromatic N) is 2. The lowest BCUT2D eigenvalue weighted by Crippen LogP contribution is -2.37. The van der Waals surface area contributed by atoms with Crippen LogP contribution >= 0.6 is 0 Å². The van der Waals surface area contributed by atoms with E-state index in [1.807, 2.05) is 50.3 Å². The standard InChI is InChI=1S/C23H26F3N3O/c1-14(2)16(4)28-22(30)12-19(17-8-6-9-18(11-17)23(24,25)26)20-13-27-21-10-5-7-15(3)29(20)21/h5-11,13-14,16,19H,12H2,1-4H3,(H,28,30). The zero-order valence-electron chi connectivity index (χ0n) is 17.5. The van der Waals surface area contributed by atoms with Crippen molar-refractivity contribution in [2.75, 3.05) is 0 Å². The predicted octanol–water partition coefficient (Wildman–Crippen LogP) is 5.34. The van der Waals surface area contributed by atoms with Gasteiger partial charge >= 0.3 is 6.18 Å². The van der Waals surface area contributed by atoms with Crippen LogP contribution in [0.5, 0.6) is 0 Å². The Kier molecular flexibility index (Phi) is 6.19. The first-order chi connectivity index (χ1) is 14.1. The summed E-state index contributed by atoms with van der Waals surface area (Å²) in [6, 6.07) is 10.8. The molecule has 0 saturated heterocycles. The van der Waals surface area contributed by atoms with Gasteiger partial charge in [0, 0.05) is 30.3 Å². The smallest absolute Gasteiger partial charge is 0.353 e. The number of halogens is 3. The number of hydrogen-bond donors (Lipinski definition) is 1. The molecule has 0 saturated carbocycles. The minimum Gasteiger partial charge on any atom is -0.353 e. The predicted molar refractivity (Wildman–Crippen MR) is 110 cm³/mol. The van der Waals surface area contributed by atoms with E-state index in [1.54, 1.807) is 12.3 Å². The van der Waals surface area contributed by atoms with Gasteiger partial charge < -0.3 is 9.72 Å². The highest BCUT2D eigenvalue weighted by Crippen LogP contribution is 2.35. The number of rotatable bonds is 6. The number of hydrogen-bond acceptors (Lipinski definition) is 2. The summed E-state index contributed by atoms with van der Waals surface area (Å²) in [5.74, 6) is -0.524. The molecular weight excluding hydrogens is 391 g/mol. The SMILES string of the molecule is Cc1cccc2ncc(C(CC(=O)NC(C)C(C)C)c3cccc(C(F)(F)F)c3)n12. The van der Waals surface area contributed by atoms with Crippen LogP contribution in [-0.2, 0) is 11.0 Å². The molecule has 3 rings (SSSR count). The second-order valence-electron chi connectivity index (χ2n) is 8.02. The maximum Gasteiger partial charge on any atom is 0.416 e. The molecule has 160 valence electrons. The fraction of sp³-hybridized carbons (Fsp3) is 0.391. The molecule has 2 aromatic heterocycles. The molecule has 0 radical (unpaired) electrons. The van der Waals surface area contributed by atoms with Gasteiger partial charge in [0.15, 0.2) is 0 Å². The summed E-state index contributed by atoms with van der Waals surface area (Å²) in [6.07, 6.45) is -2.78. The average Bonchev–Trinajstić information content (AvgIpc) is 3.10. The maximum absolute atomic E-state index is 13.3. The Morgan fingerprint density at radius 2 is 1.83 bits per heavy atom. The zero-order chi connectivity index (χ0) is 22.1. The summed E-state index contributed by atoms with van der Waals surface area (Å²) in [4.78, 5) is 17.2. The summed E-state index contributed by atoms with van der Waals surface area (Å²) >= 11 is 0. The molecule has 2 unspecified atom stereocenters. The second-order valence-corrected chi connectivity index (χ2v) is 8.02. The van der Waals surface area contributed by atoms with E-state index < -0.39 is 17.7 Å². The van der Waals surface area contributed by atoms with E-state index in [2.05, 4.69) is 10.3 Å². The molecule has 0 aliphatic rings. The van der Waals surface area contributed by atoms with Crippen LogP contribution in [0.2, 0.25) is 0 Å². The number of imidazole rings is 1. The molecule has 0 spiro atoms. The third kappa shape index (κ3) is 4.66. The van der Waals surface area contributed by atoms with Crippen LogP contribution in [0.4, 0.5) is 13.2 Å². The fourth-order valence-electron chi connectivity index (χ4n) is 3.47. The monoisotopic (exact) mass is 417 g/mol. The lowest BCUT2D eigenvalue weighted by molar-refractivity contribution is -0.137. The number of amides is 1. The van der Waals surface area contributed by atoms with Crippen molar-refractivity contribution in [3.63, 3.8) is 0 Å². The van der Waals surface area contributed by atoms with E-state index >= 15 is 0 Å². The number of aryl methyl sites for hydroxylation is 1. The molecule has 7 heteroatoms. The molecule has 1 N–H and O–H groups in total. The Balaban J connectivity index is 2.06. The number of pyridine rings is 1. The molecule has 1 aromatic carbocycles. The highest BCUT2D eigenvalue weighted by atomic mass is 19.4.